The lowest BCUT2D eigenvalue weighted by Crippen LogP contribution is -2.52. The number of carbonyl (C=O) groups excluding carboxylic acids is 3. The molecule has 0 radical (unpaired) electrons. The highest BCUT2D eigenvalue weighted by atomic mass is 16.5. The van der Waals surface area contributed by atoms with Crippen LogP contribution in [0.1, 0.15) is 36.7 Å². The van der Waals surface area contributed by atoms with Gasteiger partial charge in [0, 0.05) is 12.2 Å². The van der Waals surface area contributed by atoms with Crippen molar-refractivity contribution in [2.24, 2.45) is 0 Å². The Kier molecular flexibility index (Phi) is 6.89. The number of anilines is 1. The van der Waals surface area contributed by atoms with Gasteiger partial charge in [-0.15, -0.1) is 0 Å². The van der Waals surface area contributed by atoms with E-state index in [4.69, 9.17) is 9.15 Å². The van der Waals surface area contributed by atoms with Crippen LogP contribution in [0.5, 0.6) is 5.75 Å². The van der Waals surface area contributed by atoms with E-state index < -0.39 is 6.04 Å². The highest BCUT2D eigenvalue weighted by molar-refractivity contribution is 5.98. The van der Waals surface area contributed by atoms with E-state index in [0.717, 1.165) is 18.6 Å². The van der Waals surface area contributed by atoms with Gasteiger partial charge in [-0.3, -0.25) is 14.4 Å². The number of hydrogen-bond donors (Lipinski definition) is 2. The molecule has 0 bridgehead atoms. The third-order valence-corrected chi connectivity index (χ3v) is 4.67. The minimum absolute atomic E-state index is 0.175. The van der Waals surface area contributed by atoms with Crippen molar-refractivity contribution in [3.05, 3.63) is 48.4 Å². The molecule has 2 N–H and O–H groups in total. The summed E-state index contributed by atoms with van der Waals surface area (Å²) in [5.41, 5.74) is 0.611. The maximum Gasteiger partial charge on any atom is 0.290 e. The molecule has 1 aliphatic rings. The average Bonchev–Trinajstić information content (AvgIpc) is 3.28. The van der Waals surface area contributed by atoms with E-state index in [2.05, 4.69) is 10.6 Å². The van der Waals surface area contributed by atoms with Crippen molar-refractivity contribution in [2.75, 3.05) is 25.0 Å². The Morgan fingerprint density at radius 1 is 1.17 bits per heavy atom. The molecule has 8 nitrogen and oxygen atoms in total. The summed E-state index contributed by atoms with van der Waals surface area (Å²) in [6, 6.07) is 9.59. The van der Waals surface area contributed by atoms with Crippen molar-refractivity contribution in [2.45, 2.75) is 32.2 Å². The zero-order chi connectivity index (χ0) is 20.6. The third kappa shape index (κ3) is 5.37. The first-order valence-corrected chi connectivity index (χ1v) is 9.73. The molecule has 1 aliphatic heterocycles. The van der Waals surface area contributed by atoms with Gasteiger partial charge in [0.2, 0.25) is 11.8 Å². The number of carbonyl (C=O) groups is 3. The largest absolute Gasteiger partial charge is 0.494 e. The van der Waals surface area contributed by atoms with Crippen molar-refractivity contribution in [3.8, 4) is 5.75 Å². The van der Waals surface area contributed by atoms with Crippen LogP contribution in [0.2, 0.25) is 0 Å². The number of nitrogens with zero attached hydrogens (tertiary/aromatic N) is 1. The average molecular weight is 399 g/mol. The summed E-state index contributed by atoms with van der Waals surface area (Å²) in [5.74, 6) is -0.0715. The predicted molar refractivity (Wildman–Crippen MR) is 107 cm³/mol. The molecule has 3 rings (SSSR count). The molecule has 1 unspecified atom stereocenters. The van der Waals surface area contributed by atoms with Crippen molar-refractivity contribution in [1.82, 2.24) is 10.2 Å². The van der Waals surface area contributed by atoms with Crippen LogP contribution in [0.4, 0.5) is 5.69 Å². The van der Waals surface area contributed by atoms with Crippen LogP contribution in [0.3, 0.4) is 0 Å². The quantitative estimate of drug-likeness (QED) is 0.745. The number of hydrogen-bond acceptors (Lipinski definition) is 5. The number of piperidine rings is 1. The van der Waals surface area contributed by atoms with E-state index in [1.54, 1.807) is 36.4 Å². The lowest BCUT2D eigenvalue weighted by molar-refractivity contribution is -0.128. The molecule has 1 aromatic carbocycles. The van der Waals surface area contributed by atoms with Crippen LogP contribution in [-0.2, 0) is 9.59 Å². The molecular formula is C21H25N3O5. The molecule has 154 valence electrons. The minimum atomic E-state index is -0.611. The van der Waals surface area contributed by atoms with E-state index >= 15 is 0 Å². The monoisotopic (exact) mass is 399 g/mol. The third-order valence-electron chi connectivity index (χ3n) is 4.67. The lowest BCUT2D eigenvalue weighted by Gasteiger charge is -2.34. The van der Waals surface area contributed by atoms with Gasteiger partial charge in [0.1, 0.15) is 11.8 Å². The van der Waals surface area contributed by atoms with Gasteiger partial charge in [-0.2, -0.15) is 0 Å². The Morgan fingerprint density at radius 3 is 2.66 bits per heavy atom. The summed E-state index contributed by atoms with van der Waals surface area (Å²) >= 11 is 0. The molecule has 0 aliphatic carbocycles. The number of ether oxygens (including phenoxy) is 1. The minimum Gasteiger partial charge on any atom is -0.494 e. The van der Waals surface area contributed by atoms with Gasteiger partial charge in [-0.25, -0.2) is 0 Å². The van der Waals surface area contributed by atoms with Gasteiger partial charge in [0.25, 0.3) is 5.91 Å². The van der Waals surface area contributed by atoms with Crippen LogP contribution in [0, 0.1) is 0 Å². The Morgan fingerprint density at radius 2 is 1.97 bits per heavy atom. The number of amides is 3. The van der Waals surface area contributed by atoms with Crippen LogP contribution in [0.25, 0.3) is 0 Å². The molecule has 3 amide bonds. The molecular weight excluding hydrogens is 374 g/mol. The molecule has 1 aromatic heterocycles. The van der Waals surface area contributed by atoms with Gasteiger partial charge >= 0.3 is 0 Å². The number of nitrogens with one attached hydrogen (secondary N) is 2. The van der Waals surface area contributed by atoms with Crippen molar-refractivity contribution < 1.29 is 23.5 Å². The Hall–Kier alpha value is -3.29. The van der Waals surface area contributed by atoms with Crippen LogP contribution in [0.15, 0.2) is 47.1 Å². The van der Waals surface area contributed by atoms with Gasteiger partial charge in [-0.05, 0) is 62.6 Å². The lowest BCUT2D eigenvalue weighted by atomic mass is 10.0. The normalized spacial score (nSPS) is 16.2. The summed E-state index contributed by atoms with van der Waals surface area (Å²) in [6.45, 7) is 2.77. The van der Waals surface area contributed by atoms with Gasteiger partial charge in [0.05, 0.1) is 19.4 Å². The van der Waals surface area contributed by atoms with Crippen LogP contribution >= 0.6 is 0 Å². The van der Waals surface area contributed by atoms with E-state index in [-0.39, 0.29) is 30.0 Å². The fourth-order valence-corrected chi connectivity index (χ4v) is 3.28. The van der Waals surface area contributed by atoms with E-state index in [1.807, 2.05) is 6.92 Å². The molecule has 1 fully saturated rings. The first-order chi connectivity index (χ1) is 14.1. The highest BCUT2D eigenvalue weighted by Gasteiger charge is 2.33. The highest BCUT2D eigenvalue weighted by Crippen LogP contribution is 2.20. The Bertz CT molecular complexity index is 833. The van der Waals surface area contributed by atoms with Crippen molar-refractivity contribution in [1.29, 1.82) is 0 Å². The van der Waals surface area contributed by atoms with E-state index in [0.29, 0.717) is 25.3 Å². The fraction of sp³-hybridized carbons (Fsp3) is 0.381. The SMILES string of the molecule is CCOc1ccc(NC(=O)CNC(=O)C2CCCCN2C(=O)c2ccco2)cc1. The maximum absolute atomic E-state index is 12.6. The number of benzene rings is 1. The predicted octanol–water partition coefficient (Wildman–Crippen LogP) is 2.43. The molecule has 2 aromatic rings. The van der Waals surface area contributed by atoms with Gasteiger partial charge in [0.15, 0.2) is 5.76 Å². The van der Waals surface area contributed by atoms with Crippen LogP contribution < -0.4 is 15.4 Å². The number of likely N-dealkylation sites (tertiary alicyclic amines) is 1. The summed E-state index contributed by atoms with van der Waals surface area (Å²) < 4.78 is 10.5. The summed E-state index contributed by atoms with van der Waals surface area (Å²) in [6.07, 6.45) is 3.66. The number of rotatable bonds is 7. The van der Waals surface area contributed by atoms with Crippen LogP contribution in [-0.4, -0.2) is 48.4 Å². The van der Waals surface area contributed by atoms with Gasteiger partial charge < -0.3 is 24.7 Å². The van der Waals surface area contributed by atoms with E-state index in [9.17, 15) is 14.4 Å². The second-order valence-electron chi connectivity index (χ2n) is 6.71. The Labute approximate surface area is 169 Å². The zero-order valence-electron chi connectivity index (χ0n) is 16.3. The molecule has 29 heavy (non-hydrogen) atoms. The smallest absolute Gasteiger partial charge is 0.290 e. The fourth-order valence-electron chi connectivity index (χ4n) is 3.28. The van der Waals surface area contributed by atoms with E-state index in [1.165, 1.54) is 11.2 Å². The maximum atomic E-state index is 12.6. The molecule has 0 saturated carbocycles. The topological polar surface area (TPSA) is 101 Å². The number of furan rings is 1. The van der Waals surface area contributed by atoms with Crippen molar-refractivity contribution >= 4 is 23.4 Å². The summed E-state index contributed by atoms with van der Waals surface area (Å²) in [4.78, 5) is 38.9. The second kappa shape index (κ2) is 9.77. The summed E-state index contributed by atoms with van der Waals surface area (Å²) in [7, 11) is 0. The first kappa shape index (κ1) is 20.4. The standard InChI is InChI=1S/C21H25N3O5/c1-2-28-16-10-8-15(9-11-16)23-19(25)14-22-20(26)17-6-3-4-12-24(17)21(27)18-7-5-13-29-18/h5,7-11,13,17H,2-4,6,12,14H2,1H3,(H,22,26)(H,23,25). The first-order valence-electron chi connectivity index (χ1n) is 9.73. The molecule has 2 heterocycles. The zero-order valence-corrected chi connectivity index (χ0v) is 16.3. The molecule has 0 spiro atoms. The summed E-state index contributed by atoms with van der Waals surface area (Å²) in [5, 5.41) is 5.36. The molecule has 1 saturated heterocycles. The van der Waals surface area contributed by atoms with Crippen molar-refractivity contribution in [3.63, 3.8) is 0 Å². The second-order valence-corrected chi connectivity index (χ2v) is 6.71. The van der Waals surface area contributed by atoms with Gasteiger partial charge in [-0.1, -0.05) is 0 Å². The Balaban J connectivity index is 1.53. The molecule has 1 atom stereocenters. The molecule has 8 heteroatoms.